The van der Waals surface area contributed by atoms with Gasteiger partial charge in [0, 0.05) is 11.6 Å². The van der Waals surface area contributed by atoms with E-state index >= 15 is 0 Å². The maximum Gasteiger partial charge on any atom is 0.274 e. The summed E-state index contributed by atoms with van der Waals surface area (Å²) in [6.07, 6.45) is 0. The second-order valence-corrected chi connectivity index (χ2v) is 8.12. The van der Waals surface area contributed by atoms with Crippen molar-refractivity contribution < 1.29 is 17.9 Å². The van der Waals surface area contributed by atoms with E-state index in [2.05, 4.69) is 10.0 Å². The average Bonchev–Trinajstić information content (AvgIpc) is 2.82. The van der Waals surface area contributed by atoms with E-state index in [1.165, 1.54) is 6.07 Å². The van der Waals surface area contributed by atoms with Gasteiger partial charge in [0.2, 0.25) is 5.09 Å². The van der Waals surface area contributed by atoms with Crippen LogP contribution in [-0.4, -0.2) is 31.7 Å². The van der Waals surface area contributed by atoms with Gasteiger partial charge in [0.15, 0.2) is 0 Å². The molecule has 7 heteroatoms. The first kappa shape index (κ1) is 18.2. The van der Waals surface area contributed by atoms with E-state index in [1.54, 1.807) is 6.07 Å². The Balaban J connectivity index is 2.79. The first-order chi connectivity index (χ1) is 9.55. The van der Waals surface area contributed by atoms with E-state index in [9.17, 15) is 13.5 Å². The molecule has 1 rings (SSSR count). The number of nitrogens with one attached hydrogen (secondary N) is 2. The lowest BCUT2D eigenvalue weighted by atomic mass is 10.1. The van der Waals surface area contributed by atoms with Crippen molar-refractivity contribution >= 4 is 10.0 Å². The quantitative estimate of drug-likeness (QED) is 0.708. The van der Waals surface area contributed by atoms with Crippen LogP contribution in [0.25, 0.3) is 0 Å². The van der Waals surface area contributed by atoms with E-state index < -0.39 is 16.1 Å². The summed E-state index contributed by atoms with van der Waals surface area (Å²) < 4.78 is 32.2. The third kappa shape index (κ3) is 5.78. The monoisotopic (exact) mass is 318 g/mol. The minimum Gasteiger partial charge on any atom is -0.447 e. The fraction of sp³-hybridized carbons (Fsp3) is 0.714. The summed E-state index contributed by atoms with van der Waals surface area (Å²) in [5.41, 5.74) is -0.0797. The van der Waals surface area contributed by atoms with E-state index in [4.69, 9.17) is 4.42 Å². The van der Waals surface area contributed by atoms with Gasteiger partial charge in [0.05, 0.1) is 13.2 Å². The number of rotatable bonds is 7. The Bertz CT molecular complexity index is 544. The summed E-state index contributed by atoms with van der Waals surface area (Å²) in [6.45, 7) is 9.92. The minimum absolute atomic E-state index is 0.0123. The van der Waals surface area contributed by atoms with Crippen molar-refractivity contribution in [2.45, 2.75) is 57.8 Å². The molecule has 0 radical (unpaired) electrons. The van der Waals surface area contributed by atoms with Gasteiger partial charge in [-0.1, -0.05) is 13.8 Å². The molecule has 0 spiro atoms. The molecular weight excluding hydrogens is 292 g/mol. The summed E-state index contributed by atoms with van der Waals surface area (Å²) in [7, 11) is -3.75. The summed E-state index contributed by atoms with van der Waals surface area (Å²) in [4.78, 5) is 0. The highest BCUT2D eigenvalue weighted by Gasteiger charge is 2.25. The molecule has 0 aromatic carbocycles. The van der Waals surface area contributed by atoms with Crippen LogP contribution in [-0.2, 0) is 16.6 Å². The summed E-state index contributed by atoms with van der Waals surface area (Å²) >= 11 is 0. The Morgan fingerprint density at radius 3 is 2.38 bits per heavy atom. The van der Waals surface area contributed by atoms with Crippen molar-refractivity contribution in [3.8, 4) is 0 Å². The molecule has 0 aliphatic rings. The van der Waals surface area contributed by atoms with Gasteiger partial charge in [-0.15, -0.1) is 0 Å². The van der Waals surface area contributed by atoms with Crippen LogP contribution in [0.15, 0.2) is 21.6 Å². The van der Waals surface area contributed by atoms with Gasteiger partial charge >= 0.3 is 0 Å². The Morgan fingerprint density at radius 2 is 1.90 bits per heavy atom. The first-order valence-electron chi connectivity index (χ1n) is 7.02. The molecule has 1 heterocycles. The van der Waals surface area contributed by atoms with Crippen molar-refractivity contribution in [1.29, 1.82) is 0 Å². The standard InChI is InChI=1S/C14H26N2O4S/c1-10(2)12(9-17)16-21(18,19)13-7-6-11(20-13)8-15-14(3,4)5/h6-7,10,12,15-17H,8-9H2,1-5H3/t12-/m1/s1. The lowest BCUT2D eigenvalue weighted by Crippen LogP contribution is -2.40. The number of hydrogen-bond donors (Lipinski definition) is 3. The summed E-state index contributed by atoms with van der Waals surface area (Å²) in [5, 5.41) is 12.3. The highest BCUT2D eigenvalue weighted by molar-refractivity contribution is 7.89. The number of hydrogen-bond acceptors (Lipinski definition) is 5. The Hall–Kier alpha value is -0.890. The fourth-order valence-corrected chi connectivity index (χ4v) is 2.92. The molecule has 3 N–H and O–H groups in total. The zero-order valence-corrected chi connectivity index (χ0v) is 14.1. The Kier molecular flexibility index (Phi) is 5.98. The minimum atomic E-state index is -3.75. The van der Waals surface area contributed by atoms with Crippen LogP contribution in [0.4, 0.5) is 0 Å². The highest BCUT2D eigenvalue weighted by Crippen LogP contribution is 2.16. The largest absolute Gasteiger partial charge is 0.447 e. The van der Waals surface area contributed by atoms with Crippen molar-refractivity contribution in [2.24, 2.45) is 5.92 Å². The van der Waals surface area contributed by atoms with Crippen molar-refractivity contribution in [2.75, 3.05) is 6.61 Å². The molecule has 0 unspecified atom stereocenters. The molecule has 0 amide bonds. The summed E-state index contributed by atoms with van der Waals surface area (Å²) in [6, 6.07) is 2.53. The van der Waals surface area contributed by atoms with Crippen LogP contribution < -0.4 is 10.0 Å². The van der Waals surface area contributed by atoms with Gasteiger partial charge in [-0.2, -0.15) is 0 Å². The van der Waals surface area contributed by atoms with E-state index in [1.807, 2.05) is 34.6 Å². The van der Waals surface area contributed by atoms with Crippen molar-refractivity contribution in [3.63, 3.8) is 0 Å². The van der Waals surface area contributed by atoms with Gasteiger partial charge in [-0.3, -0.25) is 0 Å². The van der Waals surface area contributed by atoms with Crippen LogP contribution in [0.3, 0.4) is 0 Å². The number of sulfonamides is 1. The molecule has 0 saturated heterocycles. The second kappa shape index (κ2) is 6.91. The van der Waals surface area contributed by atoms with E-state index in [0.29, 0.717) is 12.3 Å². The SMILES string of the molecule is CC(C)[C@@H](CO)NS(=O)(=O)c1ccc(CNC(C)(C)C)o1. The lowest BCUT2D eigenvalue weighted by molar-refractivity contribution is 0.227. The molecule has 6 nitrogen and oxygen atoms in total. The van der Waals surface area contributed by atoms with Crippen LogP contribution >= 0.6 is 0 Å². The van der Waals surface area contributed by atoms with Crippen LogP contribution in [0, 0.1) is 5.92 Å². The third-order valence-corrected chi connectivity index (χ3v) is 4.36. The molecule has 1 aromatic heterocycles. The van der Waals surface area contributed by atoms with Gasteiger partial charge in [0.25, 0.3) is 10.0 Å². The van der Waals surface area contributed by atoms with Gasteiger partial charge in [0.1, 0.15) is 5.76 Å². The number of furan rings is 1. The summed E-state index contributed by atoms with van der Waals surface area (Å²) in [5.74, 6) is 0.539. The van der Waals surface area contributed by atoms with Crippen molar-refractivity contribution in [3.05, 3.63) is 17.9 Å². The zero-order chi connectivity index (χ0) is 16.3. The molecule has 1 atom stereocenters. The first-order valence-corrected chi connectivity index (χ1v) is 8.50. The molecule has 0 aliphatic heterocycles. The van der Waals surface area contributed by atoms with Gasteiger partial charge < -0.3 is 14.8 Å². The van der Waals surface area contributed by atoms with Gasteiger partial charge in [-0.25, -0.2) is 13.1 Å². The lowest BCUT2D eigenvalue weighted by Gasteiger charge is -2.19. The zero-order valence-electron chi connectivity index (χ0n) is 13.3. The predicted molar refractivity (Wildman–Crippen MR) is 81.3 cm³/mol. The predicted octanol–water partition coefficient (Wildman–Crippen LogP) is 1.46. The Labute approximate surface area is 127 Å². The van der Waals surface area contributed by atoms with Crippen LogP contribution in [0.2, 0.25) is 0 Å². The molecule has 122 valence electrons. The molecule has 0 fully saturated rings. The second-order valence-electron chi connectivity index (χ2n) is 6.48. The van der Waals surface area contributed by atoms with Crippen LogP contribution in [0.5, 0.6) is 0 Å². The smallest absolute Gasteiger partial charge is 0.274 e. The molecule has 0 aliphatic carbocycles. The molecular formula is C14H26N2O4S. The van der Waals surface area contributed by atoms with Crippen LogP contribution in [0.1, 0.15) is 40.4 Å². The number of aliphatic hydroxyl groups is 1. The topological polar surface area (TPSA) is 91.6 Å². The third-order valence-electron chi connectivity index (χ3n) is 3.00. The van der Waals surface area contributed by atoms with Gasteiger partial charge in [-0.05, 0) is 38.8 Å². The molecule has 0 bridgehead atoms. The fourth-order valence-electron chi connectivity index (χ4n) is 1.59. The molecule has 0 saturated carbocycles. The van der Waals surface area contributed by atoms with Crippen molar-refractivity contribution in [1.82, 2.24) is 10.0 Å². The Morgan fingerprint density at radius 1 is 1.29 bits per heavy atom. The number of aliphatic hydroxyl groups excluding tert-OH is 1. The van der Waals surface area contributed by atoms with E-state index in [0.717, 1.165) is 0 Å². The van der Waals surface area contributed by atoms with E-state index in [-0.39, 0.29) is 23.2 Å². The highest BCUT2D eigenvalue weighted by atomic mass is 32.2. The maximum atomic E-state index is 12.2. The molecule has 1 aromatic rings. The maximum absolute atomic E-state index is 12.2. The molecule has 21 heavy (non-hydrogen) atoms. The average molecular weight is 318 g/mol. The normalized spacial score (nSPS) is 14.6.